The lowest BCUT2D eigenvalue weighted by Crippen LogP contribution is -2.14. The number of hydrogen-bond donors (Lipinski definition) is 0. The van der Waals surface area contributed by atoms with E-state index in [0.717, 1.165) is 47.7 Å². The minimum absolute atomic E-state index is 0.791. The Morgan fingerprint density at radius 3 is 2.83 bits per heavy atom. The lowest BCUT2D eigenvalue weighted by molar-refractivity contribution is -0.378. The van der Waals surface area contributed by atoms with E-state index in [1.54, 1.807) is 14.2 Å². The first kappa shape index (κ1) is 15.3. The summed E-state index contributed by atoms with van der Waals surface area (Å²) in [4.78, 5) is 7.86. The van der Waals surface area contributed by atoms with Crippen molar-refractivity contribution < 1.29 is 14.5 Å². The summed E-state index contributed by atoms with van der Waals surface area (Å²) in [5.41, 5.74) is 4.45. The molecule has 0 unspecified atom stereocenters. The van der Waals surface area contributed by atoms with Crippen LogP contribution in [0.5, 0.6) is 11.5 Å². The molecule has 0 fully saturated rings. The number of ether oxygens (including phenoxy) is 2. The fourth-order valence-corrected chi connectivity index (χ4v) is 2.76. The van der Waals surface area contributed by atoms with E-state index in [1.165, 1.54) is 5.57 Å². The third-order valence-electron chi connectivity index (χ3n) is 3.93. The summed E-state index contributed by atoms with van der Waals surface area (Å²) in [5, 5.41) is 0. The molecule has 0 bridgehead atoms. The second kappa shape index (κ2) is 7.09. The van der Waals surface area contributed by atoms with Crippen LogP contribution in [-0.2, 0) is 0 Å². The molecule has 0 spiro atoms. The SMILES string of the molecule is COc1ccc(/C=C2\CCCN=C2c2ccc[nH+]c2)c(OC)c1. The first-order valence-corrected chi connectivity index (χ1v) is 7.75. The molecular weight excluding hydrogens is 288 g/mol. The standard InChI is InChI=1S/C19H20N2O2/c1-22-17-8-7-14(18(12-17)23-2)11-15-5-4-10-21-19(15)16-6-3-9-20-13-16/h3,6-9,11-13H,4-5,10H2,1-2H3/p+1/b15-11+. The molecule has 118 valence electrons. The molecule has 0 saturated heterocycles. The van der Waals surface area contributed by atoms with Crippen LogP contribution < -0.4 is 14.5 Å². The lowest BCUT2D eigenvalue weighted by Gasteiger charge is -2.16. The van der Waals surface area contributed by atoms with Gasteiger partial charge in [-0.2, -0.15) is 0 Å². The van der Waals surface area contributed by atoms with E-state index in [1.807, 2.05) is 36.7 Å². The highest BCUT2D eigenvalue weighted by Crippen LogP contribution is 2.29. The third-order valence-corrected chi connectivity index (χ3v) is 3.93. The Morgan fingerprint density at radius 1 is 1.17 bits per heavy atom. The number of rotatable bonds is 4. The van der Waals surface area contributed by atoms with Crippen LogP contribution in [0.3, 0.4) is 0 Å². The number of hydrogen-bond acceptors (Lipinski definition) is 3. The summed E-state index contributed by atoms with van der Waals surface area (Å²) in [6.45, 7) is 0.876. The average Bonchev–Trinajstić information content (AvgIpc) is 2.63. The highest BCUT2D eigenvalue weighted by molar-refractivity contribution is 6.15. The first-order valence-electron chi connectivity index (χ1n) is 7.75. The minimum atomic E-state index is 0.791. The molecule has 0 atom stereocenters. The van der Waals surface area contributed by atoms with E-state index in [9.17, 15) is 0 Å². The van der Waals surface area contributed by atoms with Gasteiger partial charge in [-0.05, 0) is 42.7 Å². The third kappa shape index (κ3) is 3.42. The van der Waals surface area contributed by atoms with Crippen molar-refractivity contribution in [2.24, 2.45) is 4.99 Å². The maximum atomic E-state index is 5.50. The van der Waals surface area contributed by atoms with Gasteiger partial charge < -0.3 is 9.47 Å². The first-order chi connectivity index (χ1) is 11.3. The van der Waals surface area contributed by atoms with E-state index in [2.05, 4.69) is 17.1 Å². The normalized spacial score (nSPS) is 16.1. The van der Waals surface area contributed by atoms with Gasteiger partial charge in [-0.3, -0.25) is 4.99 Å². The van der Waals surface area contributed by atoms with Crippen molar-refractivity contribution in [2.75, 3.05) is 20.8 Å². The van der Waals surface area contributed by atoms with Gasteiger partial charge in [0.05, 0.1) is 25.5 Å². The second-order valence-corrected chi connectivity index (χ2v) is 5.40. The van der Waals surface area contributed by atoms with Crippen LogP contribution in [-0.4, -0.2) is 26.5 Å². The van der Waals surface area contributed by atoms with E-state index in [0.29, 0.717) is 0 Å². The number of pyridine rings is 1. The number of nitrogens with zero attached hydrogens (tertiary/aromatic N) is 1. The number of aromatic nitrogens is 1. The van der Waals surface area contributed by atoms with Gasteiger partial charge in [0.2, 0.25) is 0 Å². The van der Waals surface area contributed by atoms with Crippen molar-refractivity contribution in [3.05, 3.63) is 59.4 Å². The summed E-state index contributed by atoms with van der Waals surface area (Å²) >= 11 is 0. The predicted octanol–water partition coefficient (Wildman–Crippen LogP) is 3.18. The number of aromatic amines is 1. The molecule has 0 radical (unpaired) electrons. The van der Waals surface area contributed by atoms with Gasteiger partial charge in [0, 0.05) is 24.2 Å². The molecule has 1 aromatic carbocycles. The Bertz CT molecular complexity index is 736. The molecule has 3 rings (SSSR count). The molecule has 1 aliphatic rings. The van der Waals surface area contributed by atoms with E-state index in [-0.39, 0.29) is 0 Å². The van der Waals surface area contributed by atoms with Crippen LogP contribution in [0.2, 0.25) is 0 Å². The van der Waals surface area contributed by atoms with Crippen LogP contribution in [0.4, 0.5) is 0 Å². The van der Waals surface area contributed by atoms with Crippen molar-refractivity contribution in [3.8, 4) is 11.5 Å². The second-order valence-electron chi connectivity index (χ2n) is 5.40. The van der Waals surface area contributed by atoms with Gasteiger partial charge in [-0.15, -0.1) is 0 Å². The minimum Gasteiger partial charge on any atom is -0.497 e. The Morgan fingerprint density at radius 2 is 2.09 bits per heavy atom. The Hall–Kier alpha value is -2.62. The zero-order valence-corrected chi connectivity index (χ0v) is 13.5. The highest BCUT2D eigenvalue weighted by atomic mass is 16.5. The molecule has 2 aromatic rings. The van der Waals surface area contributed by atoms with Gasteiger partial charge in [0.25, 0.3) is 0 Å². The van der Waals surface area contributed by atoms with Crippen molar-refractivity contribution in [1.82, 2.24) is 0 Å². The molecule has 2 heterocycles. The average molecular weight is 309 g/mol. The Labute approximate surface area is 136 Å². The molecule has 0 saturated carbocycles. The van der Waals surface area contributed by atoms with E-state index in [4.69, 9.17) is 14.5 Å². The van der Waals surface area contributed by atoms with Crippen LogP contribution in [0.15, 0.2) is 53.3 Å². The number of methoxy groups -OCH3 is 2. The number of allylic oxidation sites excluding steroid dienone is 1. The summed E-state index contributed by atoms with van der Waals surface area (Å²) < 4.78 is 10.8. The van der Waals surface area contributed by atoms with Gasteiger partial charge in [-0.25, -0.2) is 4.98 Å². The van der Waals surface area contributed by atoms with Gasteiger partial charge in [0.1, 0.15) is 11.5 Å². The fraction of sp³-hybridized carbons (Fsp3) is 0.263. The quantitative estimate of drug-likeness (QED) is 0.870. The zero-order valence-electron chi connectivity index (χ0n) is 13.5. The van der Waals surface area contributed by atoms with Gasteiger partial charge >= 0.3 is 0 Å². The smallest absolute Gasteiger partial charge is 0.176 e. The number of benzene rings is 1. The van der Waals surface area contributed by atoms with Gasteiger partial charge in [-0.1, -0.05) is 0 Å². The molecule has 4 nitrogen and oxygen atoms in total. The van der Waals surface area contributed by atoms with Crippen molar-refractivity contribution in [2.45, 2.75) is 12.8 Å². The molecule has 0 aliphatic carbocycles. The molecule has 4 heteroatoms. The maximum absolute atomic E-state index is 5.50. The largest absolute Gasteiger partial charge is 0.497 e. The summed E-state index contributed by atoms with van der Waals surface area (Å²) in [5.74, 6) is 1.60. The van der Waals surface area contributed by atoms with Gasteiger partial charge in [0.15, 0.2) is 12.4 Å². The zero-order chi connectivity index (χ0) is 16.1. The maximum Gasteiger partial charge on any atom is 0.176 e. The summed E-state index contributed by atoms with van der Waals surface area (Å²) in [7, 11) is 3.34. The Kier molecular flexibility index (Phi) is 4.71. The van der Waals surface area contributed by atoms with Crippen LogP contribution in [0.25, 0.3) is 6.08 Å². The number of nitrogens with one attached hydrogen (secondary N) is 1. The van der Waals surface area contributed by atoms with Crippen molar-refractivity contribution in [3.63, 3.8) is 0 Å². The fourth-order valence-electron chi connectivity index (χ4n) is 2.76. The molecule has 1 aliphatic heterocycles. The number of aliphatic imine (C=N–C) groups is 1. The molecule has 1 N–H and O–H groups in total. The predicted molar refractivity (Wildman–Crippen MR) is 91.2 cm³/mol. The van der Waals surface area contributed by atoms with E-state index < -0.39 is 0 Å². The van der Waals surface area contributed by atoms with E-state index >= 15 is 0 Å². The van der Waals surface area contributed by atoms with Crippen LogP contribution in [0, 0.1) is 0 Å². The lowest BCUT2D eigenvalue weighted by atomic mass is 9.94. The molecule has 23 heavy (non-hydrogen) atoms. The van der Waals surface area contributed by atoms with Crippen LogP contribution in [0.1, 0.15) is 24.0 Å². The monoisotopic (exact) mass is 309 g/mol. The molecular formula is C19H21N2O2+. The highest BCUT2D eigenvalue weighted by Gasteiger charge is 2.16. The van der Waals surface area contributed by atoms with Crippen molar-refractivity contribution >= 4 is 11.8 Å². The topological polar surface area (TPSA) is 45.0 Å². The number of H-pyrrole nitrogens is 1. The molecule has 0 amide bonds. The van der Waals surface area contributed by atoms with Crippen molar-refractivity contribution in [1.29, 1.82) is 0 Å². The summed E-state index contributed by atoms with van der Waals surface area (Å²) in [6.07, 6.45) is 8.16. The Balaban J connectivity index is 2.00. The summed E-state index contributed by atoms with van der Waals surface area (Å²) in [6, 6.07) is 9.96. The van der Waals surface area contributed by atoms with Crippen LogP contribution >= 0.6 is 0 Å². The molecule has 1 aromatic heterocycles.